The maximum atomic E-state index is 13.1. The van der Waals surface area contributed by atoms with Gasteiger partial charge in [0.15, 0.2) is 5.82 Å². The monoisotopic (exact) mass is 725 g/mol. The van der Waals surface area contributed by atoms with Gasteiger partial charge in [-0.15, -0.1) is 5.10 Å². The predicted octanol–water partition coefficient (Wildman–Crippen LogP) is 6.81. The number of rotatable bonds is 14. The number of carbonyl (C=O) groups excluding carboxylic acids is 2. The molecule has 12 nitrogen and oxygen atoms in total. The van der Waals surface area contributed by atoms with Crippen LogP contribution in [-0.4, -0.2) is 72.0 Å². The van der Waals surface area contributed by atoms with Gasteiger partial charge in [-0.3, -0.25) is 4.79 Å². The van der Waals surface area contributed by atoms with Gasteiger partial charge in [0.25, 0.3) is 10.9 Å². The van der Waals surface area contributed by atoms with E-state index in [1.807, 2.05) is 25.7 Å². The van der Waals surface area contributed by atoms with Gasteiger partial charge >= 0.3 is 6.09 Å². The van der Waals surface area contributed by atoms with Gasteiger partial charge in [0.1, 0.15) is 27.9 Å². The van der Waals surface area contributed by atoms with E-state index in [1.54, 1.807) is 41.2 Å². The molecule has 270 valence electrons. The maximum Gasteiger partial charge on any atom is 0.410 e. The Kier molecular flexibility index (Phi) is 10.9. The minimum atomic E-state index is -1.94. The summed E-state index contributed by atoms with van der Waals surface area (Å²) in [5, 5.41) is 7.89. The molecule has 0 aromatic carbocycles. The molecule has 1 aliphatic heterocycles. The topological polar surface area (TPSA) is 147 Å². The number of nitrogens with one attached hydrogen (secondary N) is 2. The zero-order valence-electron chi connectivity index (χ0n) is 29.5. The van der Waals surface area contributed by atoms with Crippen molar-refractivity contribution in [2.45, 2.75) is 95.7 Å². The highest BCUT2D eigenvalue weighted by molar-refractivity contribution is 7.90. The van der Waals surface area contributed by atoms with Gasteiger partial charge in [-0.05, 0) is 121 Å². The molecular weight excluding hydrogens is 678 g/mol. The SMILES string of the molecule is CC(C)(C)OC(=O)N1CC(CCNc2cccc([S+]([O-])NC(=O)c3ccc(-n4ccc(OCCC(C5CC5)C5CC5)n4)nc3Cl)n2)CC1(C)C. The van der Waals surface area contributed by atoms with Crippen molar-refractivity contribution < 1.29 is 23.6 Å². The summed E-state index contributed by atoms with van der Waals surface area (Å²) in [6.07, 6.45) is 9.59. The Morgan fingerprint density at radius 2 is 1.84 bits per heavy atom. The number of hydrogen-bond acceptors (Lipinski definition) is 9. The number of halogens is 1. The molecule has 4 heterocycles. The van der Waals surface area contributed by atoms with Crippen molar-refractivity contribution in [1.82, 2.24) is 29.4 Å². The van der Waals surface area contributed by atoms with Gasteiger partial charge in [0, 0.05) is 37.0 Å². The number of likely N-dealkylation sites (tertiary alicyclic amines) is 1. The van der Waals surface area contributed by atoms with Crippen molar-refractivity contribution in [3.05, 3.63) is 53.3 Å². The van der Waals surface area contributed by atoms with Crippen LogP contribution in [0.25, 0.3) is 5.82 Å². The average Bonchev–Trinajstić information content (AvgIpc) is 3.99. The van der Waals surface area contributed by atoms with Gasteiger partial charge in [0.2, 0.25) is 5.88 Å². The Labute approximate surface area is 302 Å². The second-order valence-electron chi connectivity index (χ2n) is 15.3. The Morgan fingerprint density at radius 1 is 1.10 bits per heavy atom. The molecule has 2 aliphatic carbocycles. The van der Waals surface area contributed by atoms with Gasteiger partial charge in [-0.2, -0.15) is 9.71 Å². The van der Waals surface area contributed by atoms with Gasteiger partial charge < -0.3 is 24.2 Å². The average molecular weight is 726 g/mol. The van der Waals surface area contributed by atoms with E-state index in [-0.39, 0.29) is 33.3 Å². The Hall–Kier alpha value is -3.55. The summed E-state index contributed by atoms with van der Waals surface area (Å²) < 4.78 is 28.7. The number of carbonyl (C=O) groups is 2. The first-order chi connectivity index (χ1) is 23.8. The number of ether oxygens (including phenoxy) is 2. The van der Waals surface area contributed by atoms with Crippen LogP contribution in [0.5, 0.6) is 5.88 Å². The van der Waals surface area contributed by atoms with Crippen LogP contribution in [0.15, 0.2) is 47.6 Å². The molecule has 3 fully saturated rings. The Balaban J connectivity index is 0.973. The number of hydrogen-bond donors (Lipinski definition) is 2. The highest BCUT2D eigenvalue weighted by Crippen LogP contribution is 2.50. The van der Waals surface area contributed by atoms with Crippen molar-refractivity contribution in [1.29, 1.82) is 0 Å². The van der Waals surface area contributed by atoms with E-state index < -0.39 is 22.9 Å². The third-order valence-electron chi connectivity index (χ3n) is 9.57. The first-order valence-electron chi connectivity index (χ1n) is 17.6. The van der Waals surface area contributed by atoms with E-state index in [0.717, 1.165) is 37.0 Å². The molecule has 2 saturated carbocycles. The zero-order valence-corrected chi connectivity index (χ0v) is 31.1. The minimum absolute atomic E-state index is 0.0459. The molecule has 0 bridgehead atoms. The molecule has 2 N–H and O–H groups in total. The van der Waals surface area contributed by atoms with Crippen LogP contribution in [0.2, 0.25) is 5.15 Å². The largest absolute Gasteiger partial charge is 0.587 e. The number of anilines is 1. The fourth-order valence-corrected chi connectivity index (χ4v) is 7.87. The first kappa shape index (κ1) is 36.2. The lowest BCUT2D eigenvalue weighted by Crippen LogP contribution is -2.45. The van der Waals surface area contributed by atoms with Crippen molar-refractivity contribution >= 4 is 40.8 Å². The molecule has 0 spiro atoms. The third kappa shape index (κ3) is 9.41. The molecule has 3 aliphatic rings. The van der Waals surface area contributed by atoms with E-state index >= 15 is 0 Å². The normalized spacial score (nSPS) is 19.4. The number of pyridine rings is 2. The summed E-state index contributed by atoms with van der Waals surface area (Å²) in [6, 6.07) is 10.0. The van der Waals surface area contributed by atoms with E-state index in [1.165, 1.54) is 31.7 Å². The van der Waals surface area contributed by atoms with Crippen LogP contribution < -0.4 is 14.8 Å². The highest BCUT2D eigenvalue weighted by Gasteiger charge is 2.43. The van der Waals surface area contributed by atoms with Crippen LogP contribution in [-0.2, 0) is 16.1 Å². The fraction of sp³-hybridized carbons (Fsp3) is 0.583. The minimum Gasteiger partial charge on any atom is -0.587 e. The highest BCUT2D eigenvalue weighted by atomic mass is 35.5. The quantitative estimate of drug-likeness (QED) is 0.135. The molecule has 2 amide bonds. The summed E-state index contributed by atoms with van der Waals surface area (Å²) in [5.41, 5.74) is -0.775. The lowest BCUT2D eigenvalue weighted by molar-refractivity contribution is 0.0131. The number of nitrogens with zero attached hydrogens (tertiary/aromatic N) is 5. The first-order valence-corrected chi connectivity index (χ1v) is 19.1. The fourth-order valence-electron chi connectivity index (χ4n) is 6.87. The molecular formula is C36H48ClN7O5S. The predicted molar refractivity (Wildman–Crippen MR) is 192 cm³/mol. The van der Waals surface area contributed by atoms with E-state index in [0.29, 0.717) is 37.2 Å². The standard InChI is InChI=1S/C36H48ClN7O5S/c1-35(2,3)49-34(46)43-22-23(21-36(43,4)5)15-18-38-28-7-6-8-31(39-28)50(47)42-33(45)27-13-14-29(40-32(27)37)44-19-16-30(41-44)48-20-17-26(24-9-10-24)25-11-12-25/h6-8,13-14,16,19,23-26H,9-12,15,17-18,20-22H2,1-5H3,(H,38,39)(H,42,45). The molecule has 1 saturated heterocycles. The lowest BCUT2D eigenvalue weighted by Gasteiger charge is -2.33. The Morgan fingerprint density at radius 3 is 2.52 bits per heavy atom. The van der Waals surface area contributed by atoms with Crippen molar-refractivity contribution in [3.8, 4) is 11.7 Å². The summed E-state index contributed by atoms with van der Waals surface area (Å²) in [6.45, 7) is 11.6. The van der Waals surface area contributed by atoms with Gasteiger partial charge in [-0.25, -0.2) is 14.5 Å². The van der Waals surface area contributed by atoms with Crippen molar-refractivity contribution in [2.75, 3.05) is 25.0 Å². The molecule has 2 unspecified atom stereocenters. The van der Waals surface area contributed by atoms with Crippen LogP contribution in [0.4, 0.5) is 10.6 Å². The van der Waals surface area contributed by atoms with Gasteiger partial charge in [0.05, 0.1) is 12.2 Å². The molecule has 3 aromatic heterocycles. The van der Waals surface area contributed by atoms with E-state index in [9.17, 15) is 14.1 Å². The molecule has 3 aromatic rings. The third-order valence-corrected chi connectivity index (χ3v) is 10.8. The number of aromatic nitrogens is 4. The number of amides is 2. The lowest BCUT2D eigenvalue weighted by atomic mass is 9.94. The molecule has 14 heteroatoms. The van der Waals surface area contributed by atoms with Crippen LogP contribution in [0.3, 0.4) is 0 Å². The van der Waals surface area contributed by atoms with Crippen LogP contribution in [0.1, 0.15) is 89.9 Å². The summed E-state index contributed by atoms with van der Waals surface area (Å²) in [7, 11) is 0. The summed E-state index contributed by atoms with van der Waals surface area (Å²) in [4.78, 5) is 36.4. The summed E-state index contributed by atoms with van der Waals surface area (Å²) >= 11 is 4.47. The van der Waals surface area contributed by atoms with Gasteiger partial charge in [-0.1, -0.05) is 17.7 Å². The second kappa shape index (κ2) is 15.0. The molecule has 6 rings (SSSR count). The van der Waals surface area contributed by atoms with Crippen molar-refractivity contribution in [2.24, 2.45) is 23.7 Å². The van der Waals surface area contributed by atoms with Crippen molar-refractivity contribution in [3.63, 3.8) is 0 Å². The van der Waals surface area contributed by atoms with Crippen LogP contribution >= 0.6 is 11.6 Å². The zero-order chi connectivity index (χ0) is 35.6. The maximum absolute atomic E-state index is 13.1. The smallest absolute Gasteiger partial charge is 0.410 e. The second-order valence-corrected chi connectivity index (χ2v) is 16.9. The van der Waals surface area contributed by atoms with E-state index in [2.05, 4.69) is 39.0 Å². The Bertz CT molecular complexity index is 1660. The molecule has 50 heavy (non-hydrogen) atoms. The van der Waals surface area contributed by atoms with E-state index in [4.69, 9.17) is 21.1 Å². The molecule has 2 atom stereocenters. The summed E-state index contributed by atoms with van der Waals surface area (Å²) in [5.74, 6) is 3.67. The molecule has 0 radical (unpaired) electrons. The van der Waals surface area contributed by atoms with Crippen LogP contribution in [0, 0.1) is 23.7 Å².